The second kappa shape index (κ2) is 5.85. The Morgan fingerprint density at radius 3 is 2.05 bits per heavy atom. The number of anilines is 3. The summed E-state index contributed by atoms with van der Waals surface area (Å²) in [4.78, 5) is 0. The zero-order valence-corrected chi connectivity index (χ0v) is 13.5. The summed E-state index contributed by atoms with van der Waals surface area (Å²) in [5, 5.41) is 3.26. The van der Waals surface area contributed by atoms with Gasteiger partial charge in [-0.3, -0.25) is 4.72 Å². The molecule has 4 nitrogen and oxygen atoms in total. The number of rotatable bonds is 4. The first-order valence-electron chi connectivity index (χ1n) is 5.94. The lowest BCUT2D eigenvalue weighted by molar-refractivity contribution is 0.607. The number of hydrogen-bond donors (Lipinski definition) is 2. The molecule has 0 saturated carbocycles. The van der Waals surface area contributed by atoms with E-state index in [9.17, 15) is 8.42 Å². The van der Waals surface area contributed by atoms with E-state index in [0.717, 1.165) is 27.7 Å². The van der Waals surface area contributed by atoms with E-state index >= 15 is 0 Å². The minimum absolute atomic E-state index is 0.546. The molecule has 106 valence electrons. The Kier molecular flexibility index (Phi) is 4.35. The maximum Gasteiger partial charge on any atom is 0.229 e. The Bertz CT molecular complexity index is 712. The van der Waals surface area contributed by atoms with Crippen molar-refractivity contribution in [1.29, 1.82) is 0 Å². The van der Waals surface area contributed by atoms with Crippen molar-refractivity contribution in [3.05, 3.63) is 52.5 Å². The minimum Gasteiger partial charge on any atom is -0.356 e. The highest BCUT2D eigenvalue weighted by molar-refractivity contribution is 9.10. The molecule has 0 aliphatic carbocycles. The van der Waals surface area contributed by atoms with Crippen molar-refractivity contribution in [3.63, 3.8) is 0 Å². The van der Waals surface area contributed by atoms with E-state index in [-0.39, 0.29) is 0 Å². The quantitative estimate of drug-likeness (QED) is 0.875. The summed E-state index contributed by atoms with van der Waals surface area (Å²) in [5.74, 6) is 0. The third-order valence-corrected chi connectivity index (χ3v) is 4.13. The lowest BCUT2D eigenvalue weighted by atomic mass is 10.2. The predicted octanol–water partition coefficient (Wildman–Crippen LogP) is 3.87. The van der Waals surface area contributed by atoms with Gasteiger partial charge in [0.15, 0.2) is 0 Å². The average Bonchev–Trinajstić information content (AvgIpc) is 2.35. The van der Waals surface area contributed by atoms with Crippen LogP contribution in [-0.2, 0) is 10.0 Å². The maximum absolute atomic E-state index is 11.1. The van der Waals surface area contributed by atoms with Crippen LogP contribution in [0.25, 0.3) is 0 Å². The van der Waals surface area contributed by atoms with Gasteiger partial charge in [0.1, 0.15) is 0 Å². The highest BCUT2D eigenvalue weighted by Gasteiger charge is 2.02. The Labute approximate surface area is 127 Å². The third kappa shape index (κ3) is 4.25. The summed E-state index contributed by atoms with van der Waals surface area (Å²) >= 11 is 3.46. The van der Waals surface area contributed by atoms with Gasteiger partial charge in [-0.15, -0.1) is 0 Å². The topological polar surface area (TPSA) is 58.2 Å². The summed E-state index contributed by atoms with van der Waals surface area (Å²) in [6.07, 6.45) is 1.13. The lowest BCUT2D eigenvalue weighted by Crippen LogP contribution is -2.09. The van der Waals surface area contributed by atoms with Gasteiger partial charge in [0.05, 0.1) is 6.26 Å². The molecule has 0 heterocycles. The lowest BCUT2D eigenvalue weighted by Gasteiger charge is -2.09. The highest BCUT2D eigenvalue weighted by atomic mass is 79.9. The molecule has 0 atom stereocenters. The van der Waals surface area contributed by atoms with Gasteiger partial charge in [0.2, 0.25) is 10.0 Å². The molecule has 0 amide bonds. The summed E-state index contributed by atoms with van der Waals surface area (Å²) in [6, 6.07) is 13.1. The van der Waals surface area contributed by atoms with Gasteiger partial charge in [-0.05, 0) is 55.0 Å². The van der Waals surface area contributed by atoms with E-state index in [4.69, 9.17) is 0 Å². The second-order valence-corrected chi connectivity index (χ2v) is 7.14. The molecule has 2 aromatic carbocycles. The van der Waals surface area contributed by atoms with Crippen LogP contribution in [0.4, 0.5) is 17.1 Å². The molecule has 0 fully saturated rings. The van der Waals surface area contributed by atoms with Crippen LogP contribution in [0, 0.1) is 6.92 Å². The van der Waals surface area contributed by atoms with E-state index in [1.807, 2.05) is 37.3 Å². The molecular weight excluding hydrogens is 340 g/mol. The average molecular weight is 355 g/mol. The highest BCUT2D eigenvalue weighted by Crippen LogP contribution is 2.23. The van der Waals surface area contributed by atoms with E-state index in [1.54, 1.807) is 12.1 Å². The Morgan fingerprint density at radius 1 is 0.950 bits per heavy atom. The predicted molar refractivity (Wildman–Crippen MR) is 87.1 cm³/mol. The largest absolute Gasteiger partial charge is 0.356 e. The molecule has 2 N–H and O–H groups in total. The maximum atomic E-state index is 11.1. The van der Waals surface area contributed by atoms with Crippen molar-refractivity contribution in [2.75, 3.05) is 16.3 Å². The summed E-state index contributed by atoms with van der Waals surface area (Å²) in [7, 11) is -3.23. The van der Waals surface area contributed by atoms with Crippen LogP contribution in [0.15, 0.2) is 46.9 Å². The molecule has 0 aliphatic heterocycles. The molecule has 20 heavy (non-hydrogen) atoms. The number of nitrogens with one attached hydrogen (secondary N) is 2. The summed E-state index contributed by atoms with van der Waals surface area (Å²) < 4.78 is 25.7. The van der Waals surface area contributed by atoms with Gasteiger partial charge >= 0.3 is 0 Å². The van der Waals surface area contributed by atoms with Crippen LogP contribution in [-0.4, -0.2) is 14.7 Å². The van der Waals surface area contributed by atoms with E-state index in [0.29, 0.717) is 5.69 Å². The van der Waals surface area contributed by atoms with Gasteiger partial charge in [-0.2, -0.15) is 0 Å². The minimum atomic E-state index is -3.23. The van der Waals surface area contributed by atoms with Crippen molar-refractivity contribution in [3.8, 4) is 0 Å². The van der Waals surface area contributed by atoms with Gasteiger partial charge < -0.3 is 5.32 Å². The van der Waals surface area contributed by atoms with Gasteiger partial charge in [0.25, 0.3) is 0 Å². The summed E-state index contributed by atoms with van der Waals surface area (Å²) in [5.41, 5.74) is 3.57. The normalized spacial score (nSPS) is 11.2. The SMILES string of the molecule is Cc1cc(Nc2ccc(NS(C)(=O)=O)cc2)ccc1Br. The van der Waals surface area contributed by atoms with Gasteiger partial charge in [0, 0.05) is 21.5 Å². The number of aryl methyl sites for hydroxylation is 1. The van der Waals surface area contributed by atoms with Crippen molar-refractivity contribution >= 4 is 43.0 Å². The zero-order valence-electron chi connectivity index (χ0n) is 11.1. The van der Waals surface area contributed by atoms with Crippen molar-refractivity contribution in [2.24, 2.45) is 0 Å². The number of hydrogen-bond acceptors (Lipinski definition) is 3. The molecular formula is C14H15BrN2O2S. The third-order valence-electron chi connectivity index (χ3n) is 2.63. The van der Waals surface area contributed by atoms with Crippen molar-refractivity contribution in [2.45, 2.75) is 6.92 Å². The molecule has 0 bridgehead atoms. The fourth-order valence-electron chi connectivity index (χ4n) is 1.72. The van der Waals surface area contributed by atoms with Crippen LogP contribution in [0.5, 0.6) is 0 Å². The van der Waals surface area contributed by atoms with Crippen molar-refractivity contribution in [1.82, 2.24) is 0 Å². The molecule has 0 unspecified atom stereocenters. The van der Waals surface area contributed by atoms with E-state index < -0.39 is 10.0 Å². The smallest absolute Gasteiger partial charge is 0.229 e. The summed E-state index contributed by atoms with van der Waals surface area (Å²) in [6.45, 7) is 2.02. The molecule has 0 aliphatic rings. The van der Waals surface area contributed by atoms with Gasteiger partial charge in [-0.1, -0.05) is 15.9 Å². The molecule has 0 aromatic heterocycles. The number of sulfonamides is 1. The Balaban J connectivity index is 2.12. The standard InChI is InChI=1S/C14H15BrN2O2S/c1-10-9-13(7-8-14(10)15)16-11-3-5-12(6-4-11)17-20(2,18)19/h3-9,16-17H,1-2H3. The van der Waals surface area contributed by atoms with E-state index in [2.05, 4.69) is 26.0 Å². The molecule has 0 saturated heterocycles. The second-order valence-electron chi connectivity index (χ2n) is 4.54. The van der Waals surface area contributed by atoms with Crippen molar-refractivity contribution < 1.29 is 8.42 Å². The van der Waals surface area contributed by atoms with Crippen LogP contribution in [0.3, 0.4) is 0 Å². The number of benzene rings is 2. The van der Waals surface area contributed by atoms with Crippen LogP contribution in [0.1, 0.15) is 5.56 Å². The first-order valence-corrected chi connectivity index (χ1v) is 8.63. The first kappa shape index (κ1) is 14.9. The monoisotopic (exact) mass is 354 g/mol. The molecule has 2 rings (SSSR count). The molecule has 0 radical (unpaired) electrons. The number of halogens is 1. The van der Waals surface area contributed by atoms with Crippen LogP contribution < -0.4 is 10.0 Å². The zero-order chi connectivity index (χ0) is 14.8. The van der Waals surface area contributed by atoms with E-state index in [1.165, 1.54) is 0 Å². The molecule has 2 aromatic rings. The first-order chi connectivity index (χ1) is 9.33. The molecule has 0 spiro atoms. The fourth-order valence-corrected chi connectivity index (χ4v) is 2.54. The Hall–Kier alpha value is -1.53. The van der Waals surface area contributed by atoms with Crippen LogP contribution in [0.2, 0.25) is 0 Å². The van der Waals surface area contributed by atoms with Crippen LogP contribution >= 0.6 is 15.9 Å². The van der Waals surface area contributed by atoms with Gasteiger partial charge in [-0.25, -0.2) is 8.42 Å². The Morgan fingerprint density at radius 2 is 1.50 bits per heavy atom. The molecule has 6 heteroatoms. The fraction of sp³-hybridized carbons (Fsp3) is 0.143.